The largest absolute Gasteiger partial charge is 0.391 e. The Morgan fingerprint density at radius 2 is 2.09 bits per heavy atom. The van der Waals surface area contributed by atoms with E-state index in [1.807, 2.05) is 6.07 Å². The number of aromatic nitrogens is 1. The smallest absolute Gasteiger partial charge is 0.227 e. The summed E-state index contributed by atoms with van der Waals surface area (Å²) in [6.07, 6.45) is 3.50. The Bertz CT molecular complexity index is 645. The van der Waals surface area contributed by atoms with Gasteiger partial charge in [0, 0.05) is 18.9 Å². The molecule has 1 aliphatic heterocycles. The molecule has 2 heterocycles. The van der Waals surface area contributed by atoms with Crippen LogP contribution in [0.25, 0.3) is 0 Å². The van der Waals surface area contributed by atoms with E-state index in [1.165, 1.54) is 12.1 Å². The molecule has 0 aliphatic carbocycles. The van der Waals surface area contributed by atoms with Gasteiger partial charge >= 0.3 is 0 Å². The molecule has 1 aromatic heterocycles. The van der Waals surface area contributed by atoms with Gasteiger partial charge in [0.15, 0.2) is 0 Å². The molecule has 1 amide bonds. The zero-order chi connectivity index (χ0) is 15.5. The molecule has 0 radical (unpaired) electrons. The number of carbonyl (C=O) groups is 1. The van der Waals surface area contributed by atoms with Crippen LogP contribution in [0.3, 0.4) is 0 Å². The van der Waals surface area contributed by atoms with Crippen LogP contribution in [0.2, 0.25) is 0 Å². The van der Waals surface area contributed by atoms with Crippen molar-refractivity contribution in [3.8, 4) is 0 Å². The molecular weight excluding hydrogens is 283 g/mol. The second kappa shape index (κ2) is 6.23. The first kappa shape index (κ1) is 14.7. The number of halogens is 1. The highest BCUT2D eigenvalue weighted by Crippen LogP contribution is 2.32. The molecule has 0 bridgehead atoms. The molecule has 22 heavy (non-hydrogen) atoms. The Hall–Kier alpha value is -2.27. The van der Waals surface area contributed by atoms with Crippen molar-refractivity contribution < 1.29 is 14.3 Å². The predicted molar refractivity (Wildman–Crippen MR) is 79.4 cm³/mol. The van der Waals surface area contributed by atoms with E-state index in [4.69, 9.17) is 0 Å². The molecule has 1 aliphatic rings. The number of benzene rings is 1. The number of aliphatic hydroxyl groups excluding tert-OH is 1. The molecule has 0 unspecified atom stereocenters. The van der Waals surface area contributed by atoms with Crippen LogP contribution in [0.4, 0.5) is 4.39 Å². The standard InChI is InChI=1S/C17H17FN2O2/c18-14-5-3-13(4-6-14)16-9-15(21)11-20(16)17(22)8-12-2-1-7-19-10-12/h1-7,10,15-16,21H,8-9,11H2/t15-,16-/m1/s1. The fourth-order valence-electron chi connectivity index (χ4n) is 2.87. The summed E-state index contributed by atoms with van der Waals surface area (Å²) >= 11 is 0. The summed E-state index contributed by atoms with van der Waals surface area (Å²) in [5, 5.41) is 9.92. The molecule has 4 nitrogen and oxygen atoms in total. The van der Waals surface area contributed by atoms with Crippen molar-refractivity contribution in [2.75, 3.05) is 6.54 Å². The van der Waals surface area contributed by atoms with Gasteiger partial charge in [0.1, 0.15) is 5.82 Å². The Balaban J connectivity index is 1.78. The van der Waals surface area contributed by atoms with Crippen LogP contribution in [-0.2, 0) is 11.2 Å². The molecule has 3 rings (SSSR count). The third-order valence-electron chi connectivity index (χ3n) is 3.93. The SMILES string of the molecule is O=C(Cc1cccnc1)N1C[C@H](O)C[C@@H]1c1ccc(F)cc1. The van der Waals surface area contributed by atoms with Crippen LogP contribution in [0.15, 0.2) is 48.8 Å². The third kappa shape index (κ3) is 3.14. The van der Waals surface area contributed by atoms with Crippen LogP contribution >= 0.6 is 0 Å². The number of rotatable bonds is 3. The number of carbonyl (C=O) groups excluding carboxylic acids is 1. The lowest BCUT2D eigenvalue weighted by Gasteiger charge is -2.25. The summed E-state index contributed by atoms with van der Waals surface area (Å²) in [6.45, 7) is 0.307. The van der Waals surface area contributed by atoms with Gasteiger partial charge in [-0.1, -0.05) is 18.2 Å². The fraction of sp³-hybridized carbons (Fsp3) is 0.294. The maximum absolute atomic E-state index is 13.1. The highest BCUT2D eigenvalue weighted by Gasteiger charge is 2.35. The Labute approximate surface area is 128 Å². The van der Waals surface area contributed by atoms with Gasteiger partial charge in [0.05, 0.1) is 18.6 Å². The molecular formula is C17H17FN2O2. The highest BCUT2D eigenvalue weighted by atomic mass is 19.1. The highest BCUT2D eigenvalue weighted by molar-refractivity contribution is 5.79. The normalized spacial score (nSPS) is 21.1. The minimum atomic E-state index is -0.548. The van der Waals surface area contributed by atoms with Crippen molar-refractivity contribution >= 4 is 5.91 Å². The molecule has 0 spiro atoms. The summed E-state index contributed by atoms with van der Waals surface area (Å²) in [4.78, 5) is 18.2. The summed E-state index contributed by atoms with van der Waals surface area (Å²) in [7, 11) is 0. The molecule has 1 saturated heterocycles. The molecule has 1 N–H and O–H groups in total. The minimum Gasteiger partial charge on any atom is -0.391 e. The second-order valence-electron chi connectivity index (χ2n) is 5.54. The van der Waals surface area contributed by atoms with Gasteiger partial charge in [-0.2, -0.15) is 0 Å². The van der Waals surface area contributed by atoms with Crippen molar-refractivity contribution in [3.63, 3.8) is 0 Å². The second-order valence-corrected chi connectivity index (χ2v) is 5.54. The first-order valence-corrected chi connectivity index (χ1v) is 7.25. The molecule has 1 fully saturated rings. The first-order chi connectivity index (χ1) is 10.6. The maximum Gasteiger partial charge on any atom is 0.227 e. The van der Waals surface area contributed by atoms with Crippen LogP contribution in [0.5, 0.6) is 0 Å². The lowest BCUT2D eigenvalue weighted by molar-refractivity contribution is -0.131. The Kier molecular flexibility index (Phi) is 4.15. The maximum atomic E-state index is 13.1. The van der Waals surface area contributed by atoms with E-state index >= 15 is 0 Å². The molecule has 1 aromatic carbocycles. The predicted octanol–water partition coefficient (Wildman–Crippen LogP) is 2.10. The fourth-order valence-corrected chi connectivity index (χ4v) is 2.87. The number of likely N-dealkylation sites (tertiary alicyclic amines) is 1. The number of β-amino-alcohol motifs (C(OH)–C–C–N with tert-alkyl or cyclic N) is 1. The van der Waals surface area contributed by atoms with E-state index in [-0.39, 0.29) is 24.2 Å². The van der Waals surface area contributed by atoms with E-state index in [2.05, 4.69) is 4.98 Å². The third-order valence-corrected chi connectivity index (χ3v) is 3.93. The lowest BCUT2D eigenvalue weighted by Crippen LogP contribution is -2.33. The number of amides is 1. The number of nitrogens with zero attached hydrogens (tertiary/aromatic N) is 2. The number of hydrogen-bond donors (Lipinski definition) is 1. The van der Waals surface area contributed by atoms with Crippen molar-refractivity contribution in [3.05, 3.63) is 65.7 Å². The lowest BCUT2D eigenvalue weighted by atomic mass is 10.0. The van der Waals surface area contributed by atoms with Crippen LogP contribution in [0.1, 0.15) is 23.6 Å². The zero-order valence-corrected chi connectivity index (χ0v) is 12.0. The summed E-state index contributed by atoms with van der Waals surface area (Å²) in [5.74, 6) is -0.366. The molecule has 5 heteroatoms. The average Bonchev–Trinajstić information content (AvgIpc) is 2.91. The molecule has 2 aromatic rings. The van der Waals surface area contributed by atoms with Crippen LogP contribution in [-0.4, -0.2) is 33.5 Å². The number of aliphatic hydroxyl groups is 1. The van der Waals surface area contributed by atoms with E-state index in [9.17, 15) is 14.3 Å². The Morgan fingerprint density at radius 1 is 1.32 bits per heavy atom. The van der Waals surface area contributed by atoms with Crippen LogP contribution < -0.4 is 0 Å². The van der Waals surface area contributed by atoms with E-state index < -0.39 is 6.10 Å². The first-order valence-electron chi connectivity index (χ1n) is 7.25. The molecule has 2 atom stereocenters. The van der Waals surface area contributed by atoms with E-state index in [0.717, 1.165) is 11.1 Å². The molecule has 114 valence electrons. The van der Waals surface area contributed by atoms with Gasteiger partial charge in [0.2, 0.25) is 5.91 Å². The molecule has 0 saturated carbocycles. The van der Waals surface area contributed by atoms with Crippen LogP contribution in [0, 0.1) is 5.82 Å². The van der Waals surface area contributed by atoms with Gasteiger partial charge in [-0.05, 0) is 35.7 Å². The monoisotopic (exact) mass is 300 g/mol. The number of pyridine rings is 1. The van der Waals surface area contributed by atoms with Crippen molar-refractivity contribution in [1.29, 1.82) is 0 Å². The zero-order valence-electron chi connectivity index (χ0n) is 12.0. The minimum absolute atomic E-state index is 0.0566. The summed E-state index contributed by atoms with van der Waals surface area (Å²) in [5.41, 5.74) is 1.68. The van der Waals surface area contributed by atoms with E-state index in [0.29, 0.717) is 13.0 Å². The van der Waals surface area contributed by atoms with E-state index in [1.54, 1.807) is 35.5 Å². The van der Waals surface area contributed by atoms with Crippen molar-refractivity contribution in [1.82, 2.24) is 9.88 Å². The van der Waals surface area contributed by atoms with Gasteiger partial charge in [-0.15, -0.1) is 0 Å². The average molecular weight is 300 g/mol. The topological polar surface area (TPSA) is 53.4 Å². The van der Waals surface area contributed by atoms with Gasteiger partial charge < -0.3 is 10.0 Å². The Morgan fingerprint density at radius 3 is 2.77 bits per heavy atom. The quantitative estimate of drug-likeness (QED) is 0.944. The summed E-state index contributed by atoms with van der Waals surface area (Å²) in [6, 6.07) is 9.53. The summed E-state index contributed by atoms with van der Waals surface area (Å²) < 4.78 is 13.1. The van der Waals surface area contributed by atoms with Gasteiger partial charge in [-0.25, -0.2) is 4.39 Å². The van der Waals surface area contributed by atoms with Crippen molar-refractivity contribution in [2.24, 2.45) is 0 Å². The van der Waals surface area contributed by atoms with Gasteiger partial charge in [-0.3, -0.25) is 9.78 Å². The number of hydrogen-bond acceptors (Lipinski definition) is 3. The van der Waals surface area contributed by atoms with Crippen molar-refractivity contribution in [2.45, 2.75) is 25.0 Å². The van der Waals surface area contributed by atoms with Gasteiger partial charge in [0.25, 0.3) is 0 Å².